The fourth-order valence-electron chi connectivity index (χ4n) is 2.54. The zero-order valence-corrected chi connectivity index (χ0v) is 11.0. The fourth-order valence-corrected chi connectivity index (χ4v) is 2.54. The van der Waals surface area contributed by atoms with Crippen LogP contribution in [0.15, 0.2) is 24.3 Å². The topological polar surface area (TPSA) is 21.3 Å². The Hall–Kier alpha value is -0.930. The van der Waals surface area contributed by atoms with Gasteiger partial charge in [0.25, 0.3) is 0 Å². The van der Waals surface area contributed by atoms with Gasteiger partial charge >= 0.3 is 0 Å². The summed E-state index contributed by atoms with van der Waals surface area (Å²) in [6.07, 6.45) is 3.93. The van der Waals surface area contributed by atoms with Crippen LogP contribution < -0.4 is 5.32 Å². The van der Waals surface area contributed by atoms with Crippen LogP contribution in [-0.2, 0) is 4.74 Å². The largest absolute Gasteiger partial charge is 0.383 e. The molecule has 2 rings (SSSR count). The molecule has 1 saturated carbocycles. The van der Waals surface area contributed by atoms with Crippen LogP contribution in [0.2, 0.25) is 0 Å². The molecule has 1 aromatic rings. The van der Waals surface area contributed by atoms with Crippen LogP contribution in [0.1, 0.15) is 30.7 Å². The van der Waals surface area contributed by atoms with Crippen molar-refractivity contribution < 1.29 is 9.13 Å². The van der Waals surface area contributed by atoms with Gasteiger partial charge in [0.05, 0.1) is 6.61 Å². The number of hydrogen-bond donors (Lipinski definition) is 1. The van der Waals surface area contributed by atoms with Crippen molar-refractivity contribution in [3.8, 4) is 0 Å². The van der Waals surface area contributed by atoms with Gasteiger partial charge in [0.2, 0.25) is 0 Å². The lowest BCUT2D eigenvalue weighted by Gasteiger charge is -2.34. The van der Waals surface area contributed by atoms with E-state index in [1.165, 1.54) is 24.8 Å². The SMILES string of the molecule is COCCNCC(c1ccc(F)cc1)C1CCC1. The van der Waals surface area contributed by atoms with Crippen LogP contribution in [0, 0.1) is 11.7 Å². The number of methoxy groups -OCH3 is 1. The highest BCUT2D eigenvalue weighted by molar-refractivity contribution is 5.22. The summed E-state index contributed by atoms with van der Waals surface area (Å²) in [6, 6.07) is 6.99. The van der Waals surface area contributed by atoms with Gasteiger partial charge < -0.3 is 10.1 Å². The Morgan fingerprint density at radius 2 is 2.06 bits per heavy atom. The van der Waals surface area contributed by atoms with Gasteiger partial charge in [-0.3, -0.25) is 0 Å². The third-order valence-corrected chi connectivity index (χ3v) is 3.86. The Bertz CT molecular complexity index is 348. The summed E-state index contributed by atoms with van der Waals surface area (Å²) in [5.41, 5.74) is 1.26. The molecule has 1 aromatic carbocycles. The standard InChI is InChI=1S/C15H22FNO/c1-18-10-9-17-11-15(12-3-2-4-12)13-5-7-14(16)8-6-13/h5-8,12,15,17H,2-4,9-11H2,1H3. The molecule has 0 bridgehead atoms. The van der Waals surface area contributed by atoms with E-state index in [1.807, 2.05) is 12.1 Å². The summed E-state index contributed by atoms with van der Waals surface area (Å²) >= 11 is 0. The van der Waals surface area contributed by atoms with Gasteiger partial charge in [-0.1, -0.05) is 18.6 Å². The van der Waals surface area contributed by atoms with E-state index >= 15 is 0 Å². The lowest BCUT2D eigenvalue weighted by atomic mass is 9.73. The summed E-state index contributed by atoms with van der Waals surface area (Å²) in [5, 5.41) is 3.43. The molecule has 3 heteroatoms. The van der Waals surface area contributed by atoms with Crippen molar-refractivity contribution in [2.45, 2.75) is 25.2 Å². The summed E-state index contributed by atoms with van der Waals surface area (Å²) in [5.74, 6) is 1.11. The first-order valence-electron chi connectivity index (χ1n) is 6.76. The fraction of sp³-hybridized carbons (Fsp3) is 0.600. The molecule has 0 spiro atoms. The van der Waals surface area contributed by atoms with Crippen LogP contribution in [0.4, 0.5) is 4.39 Å². The first-order chi connectivity index (χ1) is 8.81. The van der Waals surface area contributed by atoms with Gasteiger partial charge in [0.15, 0.2) is 0 Å². The van der Waals surface area contributed by atoms with E-state index < -0.39 is 0 Å². The minimum Gasteiger partial charge on any atom is -0.383 e. The van der Waals surface area contributed by atoms with Gasteiger partial charge in [-0.05, 0) is 42.4 Å². The molecule has 0 heterocycles. The van der Waals surface area contributed by atoms with Crippen molar-refractivity contribution in [2.24, 2.45) is 5.92 Å². The van der Waals surface area contributed by atoms with Crippen LogP contribution in [0.3, 0.4) is 0 Å². The van der Waals surface area contributed by atoms with E-state index in [1.54, 1.807) is 19.2 Å². The molecule has 0 aliphatic heterocycles. The number of halogens is 1. The Kier molecular flexibility index (Phi) is 5.14. The first kappa shape index (κ1) is 13.5. The van der Waals surface area contributed by atoms with E-state index in [9.17, 15) is 4.39 Å². The molecule has 1 aliphatic carbocycles. The minimum atomic E-state index is -0.154. The van der Waals surface area contributed by atoms with Crippen LogP contribution in [0.5, 0.6) is 0 Å². The Morgan fingerprint density at radius 3 is 2.61 bits per heavy atom. The molecule has 1 unspecified atom stereocenters. The highest BCUT2D eigenvalue weighted by Crippen LogP contribution is 2.38. The van der Waals surface area contributed by atoms with E-state index in [4.69, 9.17) is 4.74 Å². The smallest absolute Gasteiger partial charge is 0.123 e. The quantitative estimate of drug-likeness (QED) is 0.752. The van der Waals surface area contributed by atoms with Crippen LogP contribution >= 0.6 is 0 Å². The maximum Gasteiger partial charge on any atom is 0.123 e. The molecule has 18 heavy (non-hydrogen) atoms. The summed E-state index contributed by atoms with van der Waals surface area (Å²) < 4.78 is 18.0. The highest BCUT2D eigenvalue weighted by atomic mass is 19.1. The maximum atomic E-state index is 13.0. The first-order valence-corrected chi connectivity index (χ1v) is 6.76. The second kappa shape index (κ2) is 6.86. The van der Waals surface area contributed by atoms with E-state index in [2.05, 4.69) is 5.32 Å². The molecule has 0 saturated heterocycles. The molecule has 1 aliphatic rings. The van der Waals surface area contributed by atoms with Crippen molar-refractivity contribution in [2.75, 3.05) is 26.8 Å². The average molecular weight is 251 g/mol. The summed E-state index contributed by atoms with van der Waals surface area (Å²) in [4.78, 5) is 0. The van der Waals surface area contributed by atoms with E-state index in [0.29, 0.717) is 5.92 Å². The molecule has 1 atom stereocenters. The zero-order valence-electron chi connectivity index (χ0n) is 11.0. The Morgan fingerprint density at radius 1 is 1.33 bits per heavy atom. The lowest BCUT2D eigenvalue weighted by molar-refractivity contribution is 0.194. The van der Waals surface area contributed by atoms with Crippen molar-refractivity contribution in [3.05, 3.63) is 35.6 Å². The van der Waals surface area contributed by atoms with E-state index in [0.717, 1.165) is 25.6 Å². The van der Waals surface area contributed by atoms with Gasteiger partial charge in [0, 0.05) is 20.2 Å². The Labute approximate surface area is 109 Å². The monoisotopic (exact) mass is 251 g/mol. The van der Waals surface area contributed by atoms with E-state index in [-0.39, 0.29) is 5.82 Å². The predicted molar refractivity (Wildman–Crippen MR) is 71.2 cm³/mol. The second-order valence-corrected chi connectivity index (χ2v) is 5.05. The van der Waals surface area contributed by atoms with Gasteiger partial charge in [-0.2, -0.15) is 0 Å². The van der Waals surface area contributed by atoms with Gasteiger partial charge in [0.1, 0.15) is 5.82 Å². The molecular weight excluding hydrogens is 229 g/mol. The van der Waals surface area contributed by atoms with Crippen molar-refractivity contribution in [1.29, 1.82) is 0 Å². The number of benzene rings is 1. The summed E-state index contributed by atoms with van der Waals surface area (Å²) in [7, 11) is 1.71. The van der Waals surface area contributed by atoms with Crippen molar-refractivity contribution >= 4 is 0 Å². The Balaban J connectivity index is 1.93. The third-order valence-electron chi connectivity index (χ3n) is 3.86. The third kappa shape index (κ3) is 3.53. The average Bonchev–Trinajstić information content (AvgIpc) is 2.32. The van der Waals surface area contributed by atoms with Gasteiger partial charge in [-0.25, -0.2) is 4.39 Å². The zero-order chi connectivity index (χ0) is 12.8. The second-order valence-electron chi connectivity index (χ2n) is 5.05. The van der Waals surface area contributed by atoms with Crippen LogP contribution in [0.25, 0.3) is 0 Å². The number of ether oxygens (including phenoxy) is 1. The van der Waals surface area contributed by atoms with Crippen LogP contribution in [-0.4, -0.2) is 26.8 Å². The number of nitrogens with one attached hydrogen (secondary N) is 1. The molecule has 0 aromatic heterocycles. The van der Waals surface area contributed by atoms with Crippen molar-refractivity contribution in [1.82, 2.24) is 5.32 Å². The predicted octanol–water partition coefficient (Wildman–Crippen LogP) is 2.95. The molecule has 1 N–H and O–H groups in total. The minimum absolute atomic E-state index is 0.154. The maximum absolute atomic E-state index is 13.0. The molecular formula is C15H22FNO. The number of rotatable bonds is 7. The summed E-state index contributed by atoms with van der Waals surface area (Å²) in [6.45, 7) is 2.57. The van der Waals surface area contributed by atoms with Crippen molar-refractivity contribution in [3.63, 3.8) is 0 Å². The molecule has 100 valence electrons. The molecule has 1 fully saturated rings. The molecule has 2 nitrogen and oxygen atoms in total. The molecule has 0 amide bonds. The van der Waals surface area contributed by atoms with Gasteiger partial charge in [-0.15, -0.1) is 0 Å². The lowest BCUT2D eigenvalue weighted by Crippen LogP contribution is -2.31. The normalized spacial score (nSPS) is 17.4. The highest BCUT2D eigenvalue weighted by Gasteiger charge is 2.28. The number of hydrogen-bond acceptors (Lipinski definition) is 2. The molecule has 0 radical (unpaired) electrons.